The number of rotatable bonds is 9. The summed E-state index contributed by atoms with van der Waals surface area (Å²) in [5.41, 5.74) is 1.55. The van der Waals surface area contributed by atoms with Crippen LogP contribution in [0, 0.1) is 5.82 Å². The second-order valence-corrected chi connectivity index (χ2v) is 7.20. The van der Waals surface area contributed by atoms with E-state index in [1.807, 2.05) is 30.0 Å². The van der Waals surface area contributed by atoms with Crippen molar-refractivity contribution in [2.75, 3.05) is 45.2 Å². The number of anilines is 1. The summed E-state index contributed by atoms with van der Waals surface area (Å²) in [6.07, 6.45) is -0.637. The highest BCUT2D eigenvalue weighted by Gasteiger charge is 2.11. The Morgan fingerprint density at radius 1 is 1.07 bits per heavy atom. The summed E-state index contributed by atoms with van der Waals surface area (Å²) in [4.78, 5) is 18.2. The summed E-state index contributed by atoms with van der Waals surface area (Å²) < 4.78 is 18.7. The van der Waals surface area contributed by atoms with Crippen molar-refractivity contribution >= 4 is 16.6 Å². The summed E-state index contributed by atoms with van der Waals surface area (Å²) in [6.45, 7) is 2.14. The fourth-order valence-electron chi connectivity index (χ4n) is 3.06. The molecule has 1 unspecified atom stereocenters. The van der Waals surface area contributed by atoms with Crippen molar-refractivity contribution in [3.8, 4) is 5.75 Å². The molecule has 2 N–H and O–H groups in total. The van der Waals surface area contributed by atoms with Crippen molar-refractivity contribution in [3.05, 3.63) is 70.8 Å². The maximum Gasteiger partial charge on any atom is 0.248 e. The van der Waals surface area contributed by atoms with Gasteiger partial charge in [-0.2, -0.15) is 0 Å². The lowest BCUT2D eigenvalue weighted by Crippen LogP contribution is -2.37. The van der Waals surface area contributed by atoms with Gasteiger partial charge in [-0.15, -0.1) is 0 Å². The van der Waals surface area contributed by atoms with Gasteiger partial charge in [-0.05, 0) is 55.6 Å². The van der Waals surface area contributed by atoms with Crippen LogP contribution in [0.1, 0.15) is 0 Å². The Bertz CT molecular complexity index is 991. The number of pyridine rings is 1. The van der Waals surface area contributed by atoms with E-state index in [9.17, 15) is 14.3 Å². The highest BCUT2D eigenvalue weighted by molar-refractivity contribution is 5.79. The number of benzene rings is 2. The van der Waals surface area contributed by atoms with E-state index in [1.54, 1.807) is 30.3 Å². The molecule has 7 heteroatoms. The highest BCUT2D eigenvalue weighted by atomic mass is 19.1. The van der Waals surface area contributed by atoms with E-state index < -0.39 is 6.10 Å². The molecule has 0 saturated carbocycles. The largest absolute Gasteiger partial charge is 0.491 e. The quantitative estimate of drug-likeness (QED) is 0.579. The fourth-order valence-corrected chi connectivity index (χ4v) is 3.06. The van der Waals surface area contributed by atoms with Crippen LogP contribution in [0.15, 0.2) is 59.4 Å². The van der Waals surface area contributed by atoms with Gasteiger partial charge in [0.05, 0.1) is 0 Å². The zero-order chi connectivity index (χ0) is 20.8. The van der Waals surface area contributed by atoms with Crippen LogP contribution in [0.3, 0.4) is 0 Å². The molecular weight excluding hydrogens is 373 g/mol. The van der Waals surface area contributed by atoms with E-state index in [1.165, 1.54) is 18.2 Å². The number of aliphatic hydroxyl groups is 1. The average Bonchev–Trinajstić information content (AvgIpc) is 2.71. The molecule has 1 heterocycles. The first-order valence-corrected chi connectivity index (χ1v) is 9.50. The zero-order valence-electron chi connectivity index (χ0n) is 16.6. The van der Waals surface area contributed by atoms with Gasteiger partial charge in [0.2, 0.25) is 5.56 Å². The van der Waals surface area contributed by atoms with Crippen molar-refractivity contribution in [1.29, 1.82) is 0 Å². The Labute approximate surface area is 169 Å². The molecule has 1 aromatic heterocycles. The molecule has 0 amide bonds. The maximum absolute atomic E-state index is 13.0. The minimum atomic E-state index is -0.637. The van der Waals surface area contributed by atoms with Crippen LogP contribution in [-0.2, 0) is 0 Å². The van der Waals surface area contributed by atoms with Gasteiger partial charge < -0.3 is 24.6 Å². The summed E-state index contributed by atoms with van der Waals surface area (Å²) in [5, 5.41) is 11.1. The lowest BCUT2D eigenvalue weighted by atomic mass is 10.2. The number of fused-ring (bicyclic) bond motifs is 1. The van der Waals surface area contributed by atoms with E-state index in [4.69, 9.17) is 4.74 Å². The second-order valence-electron chi connectivity index (χ2n) is 7.20. The van der Waals surface area contributed by atoms with Gasteiger partial charge in [-0.25, -0.2) is 4.39 Å². The van der Waals surface area contributed by atoms with Crippen LogP contribution < -0.4 is 15.2 Å². The van der Waals surface area contributed by atoms with Gasteiger partial charge in [-0.3, -0.25) is 4.79 Å². The van der Waals surface area contributed by atoms with Gasteiger partial charge in [0.15, 0.2) is 0 Å². The van der Waals surface area contributed by atoms with Crippen LogP contribution in [0.4, 0.5) is 10.1 Å². The molecule has 0 bridgehead atoms. The molecule has 0 aliphatic rings. The summed E-state index contributed by atoms with van der Waals surface area (Å²) in [7, 11) is 3.89. The van der Waals surface area contributed by atoms with Crippen LogP contribution in [0.2, 0.25) is 0 Å². The van der Waals surface area contributed by atoms with E-state index in [2.05, 4.69) is 4.98 Å². The van der Waals surface area contributed by atoms with Gasteiger partial charge in [0.25, 0.3) is 0 Å². The smallest absolute Gasteiger partial charge is 0.248 e. The molecule has 2 aromatic carbocycles. The molecule has 0 radical (unpaired) electrons. The summed E-state index contributed by atoms with van der Waals surface area (Å²) in [5.74, 6) is 0.393. The Balaban J connectivity index is 1.43. The highest BCUT2D eigenvalue weighted by Crippen LogP contribution is 2.18. The van der Waals surface area contributed by atoms with E-state index in [0.29, 0.717) is 12.3 Å². The van der Waals surface area contributed by atoms with E-state index >= 15 is 0 Å². The summed E-state index contributed by atoms with van der Waals surface area (Å²) >= 11 is 0. The minimum absolute atomic E-state index is 0.144. The van der Waals surface area contributed by atoms with Crippen molar-refractivity contribution in [2.45, 2.75) is 6.10 Å². The third-order valence-electron chi connectivity index (χ3n) is 4.74. The van der Waals surface area contributed by atoms with E-state index in [-0.39, 0.29) is 18.0 Å². The molecule has 29 heavy (non-hydrogen) atoms. The van der Waals surface area contributed by atoms with Crippen LogP contribution in [0.5, 0.6) is 5.75 Å². The third-order valence-corrected chi connectivity index (χ3v) is 4.74. The van der Waals surface area contributed by atoms with Crippen LogP contribution in [0.25, 0.3) is 10.9 Å². The SMILES string of the molecule is CN(CCN(C)c1ccc(F)cc1)CC(O)COc1ccc2[nH]c(=O)ccc2c1. The molecule has 1 atom stereocenters. The number of ether oxygens (including phenoxy) is 1. The van der Waals surface area contributed by atoms with Crippen LogP contribution in [-0.4, -0.2) is 61.4 Å². The first-order chi connectivity index (χ1) is 13.9. The molecule has 0 spiro atoms. The topological polar surface area (TPSA) is 68.8 Å². The number of hydrogen-bond donors (Lipinski definition) is 2. The van der Waals surface area contributed by atoms with Crippen LogP contribution >= 0.6 is 0 Å². The zero-order valence-corrected chi connectivity index (χ0v) is 16.6. The van der Waals surface area contributed by atoms with Crippen molar-refractivity contribution < 1.29 is 14.2 Å². The number of H-pyrrole nitrogens is 1. The van der Waals surface area contributed by atoms with Gasteiger partial charge in [0.1, 0.15) is 24.3 Å². The Morgan fingerprint density at radius 3 is 2.59 bits per heavy atom. The van der Waals surface area contributed by atoms with E-state index in [0.717, 1.165) is 29.7 Å². The Morgan fingerprint density at radius 2 is 1.83 bits per heavy atom. The first-order valence-electron chi connectivity index (χ1n) is 9.50. The van der Waals surface area contributed by atoms with Crippen molar-refractivity contribution in [3.63, 3.8) is 0 Å². The van der Waals surface area contributed by atoms with Crippen molar-refractivity contribution in [2.24, 2.45) is 0 Å². The fraction of sp³-hybridized carbons (Fsp3) is 0.318. The lowest BCUT2D eigenvalue weighted by molar-refractivity contribution is 0.0772. The lowest BCUT2D eigenvalue weighted by Gasteiger charge is -2.25. The maximum atomic E-state index is 13.0. The predicted octanol–water partition coefficient (Wildman–Crippen LogP) is 2.48. The minimum Gasteiger partial charge on any atom is -0.491 e. The monoisotopic (exact) mass is 399 g/mol. The van der Waals surface area contributed by atoms with Crippen molar-refractivity contribution in [1.82, 2.24) is 9.88 Å². The predicted molar refractivity (Wildman–Crippen MR) is 113 cm³/mol. The molecule has 3 aromatic rings. The second kappa shape index (κ2) is 9.54. The number of aromatic nitrogens is 1. The Kier molecular flexibility index (Phi) is 6.85. The van der Waals surface area contributed by atoms with Gasteiger partial charge in [-0.1, -0.05) is 0 Å². The Hall–Kier alpha value is -2.90. The average molecular weight is 399 g/mol. The molecular formula is C22H26FN3O3. The number of likely N-dealkylation sites (N-methyl/N-ethyl adjacent to an activating group) is 2. The molecule has 0 aliphatic carbocycles. The normalized spacial score (nSPS) is 12.3. The molecule has 0 saturated heterocycles. The number of nitrogens with zero attached hydrogens (tertiary/aromatic N) is 2. The standard InChI is InChI=1S/C22H26FN3O3/c1-25(11-12-26(2)18-6-4-17(23)5-7-18)14-19(27)15-29-20-8-9-21-16(13-20)3-10-22(28)24-21/h3-10,13,19,27H,11-12,14-15H2,1-2H3,(H,24,28). The third kappa shape index (κ3) is 6.04. The molecule has 0 aliphatic heterocycles. The number of aliphatic hydroxyl groups excluding tert-OH is 1. The molecule has 154 valence electrons. The number of aromatic amines is 1. The number of halogens is 1. The first kappa shape index (κ1) is 20.8. The number of hydrogen-bond acceptors (Lipinski definition) is 5. The summed E-state index contributed by atoms with van der Waals surface area (Å²) in [6, 6.07) is 15.0. The van der Waals surface area contributed by atoms with Gasteiger partial charge >= 0.3 is 0 Å². The molecule has 6 nitrogen and oxygen atoms in total. The molecule has 3 rings (SSSR count). The van der Waals surface area contributed by atoms with Gasteiger partial charge in [0, 0.05) is 49.3 Å². The molecule has 0 fully saturated rings. The number of nitrogens with one attached hydrogen (secondary N) is 1.